The van der Waals surface area contributed by atoms with Gasteiger partial charge in [-0.05, 0) is 66.9 Å². The summed E-state index contributed by atoms with van der Waals surface area (Å²) in [6.45, 7) is 1.91. The van der Waals surface area contributed by atoms with Gasteiger partial charge in [-0.2, -0.15) is 5.26 Å². The standard InChI is InChI=1S/C29H28ClFN6O3/c1-36(28(39)40-24-9-6-22(31)7-10-24)29(18-33-17-25(29)19-2-4-21(30)5-3-19)27(38)20-12-14-37(15-13-20)26-11-8-23(16-32)34-35-26/h2-11,20,25,33H,12-15,17-18H2,1H3/t25-,29+/m0/s1. The Kier molecular flexibility index (Phi) is 7.96. The van der Waals surface area contributed by atoms with Gasteiger partial charge in [-0.15, -0.1) is 10.2 Å². The second-order valence-electron chi connectivity index (χ2n) is 10.1. The highest BCUT2D eigenvalue weighted by molar-refractivity contribution is 6.30. The van der Waals surface area contributed by atoms with Crippen molar-refractivity contribution in [2.45, 2.75) is 24.3 Å². The minimum Gasteiger partial charge on any atom is -0.410 e. The second-order valence-corrected chi connectivity index (χ2v) is 10.5. The van der Waals surface area contributed by atoms with Gasteiger partial charge in [-0.25, -0.2) is 9.18 Å². The number of anilines is 1. The topological polar surface area (TPSA) is 111 Å². The zero-order valence-corrected chi connectivity index (χ0v) is 22.6. The minimum atomic E-state index is -1.22. The van der Waals surface area contributed by atoms with Crippen LogP contribution in [0.3, 0.4) is 0 Å². The lowest BCUT2D eigenvalue weighted by molar-refractivity contribution is -0.134. The number of nitrogens with one attached hydrogen (secondary N) is 1. The van der Waals surface area contributed by atoms with Crippen LogP contribution in [0.5, 0.6) is 5.75 Å². The molecule has 0 unspecified atom stereocenters. The molecule has 0 aliphatic carbocycles. The van der Waals surface area contributed by atoms with E-state index in [0.29, 0.717) is 43.3 Å². The first kappa shape index (κ1) is 27.5. The molecule has 3 aromatic rings. The molecule has 0 saturated carbocycles. The Morgan fingerprint density at radius 2 is 1.80 bits per heavy atom. The van der Waals surface area contributed by atoms with Gasteiger partial charge in [-0.3, -0.25) is 9.69 Å². The average molecular weight is 563 g/mol. The van der Waals surface area contributed by atoms with Gasteiger partial charge in [0.1, 0.15) is 23.2 Å². The van der Waals surface area contributed by atoms with Crippen LogP contribution in [-0.2, 0) is 4.79 Å². The summed E-state index contributed by atoms with van der Waals surface area (Å²) in [6, 6.07) is 17.8. The Morgan fingerprint density at radius 1 is 1.10 bits per heavy atom. The first-order chi connectivity index (χ1) is 19.3. The first-order valence-corrected chi connectivity index (χ1v) is 13.4. The number of hydrogen-bond acceptors (Lipinski definition) is 8. The fourth-order valence-corrected chi connectivity index (χ4v) is 5.80. The number of benzene rings is 2. The van der Waals surface area contributed by atoms with Crippen molar-refractivity contribution in [1.29, 1.82) is 5.26 Å². The lowest BCUT2D eigenvalue weighted by Gasteiger charge is -2.44. The molecule has 2 fully saturated rings. The van der Waals surface area contributed by atoms with Gasteiger partial charge in [-0.1, -0.05) is 23.7 Å². The molecule has 1 amide bonds. The maximum atomic E-state index is 14.5. The Balaban J connectivity index is 1.41. The molecule has 2 aromatic carbocycles. The van der Waals surface area contributed by atoms with Crippen LogP contribution in [0, 0.1) is 23.1 Å². The van der Waals surface area contributed by atoms with Crippen LogP contribution < -0.4 is 15.0 Å². The summed E-state index contributed by atoms with van der Waals surface area (Å²) in [4.78, 5) is 31.4. The van der Waals surface area contributed by atoms with Gasteiger partial charge in [0.05, 0.1) is 0 Å². The maximum absolute atomic E-state index is 14.5. The van der Waals surface area contributed by atoms with Gasteiger partial charge in [0, 0.05) is 50.1 Å². The highest BCUT2D eigenvalue weighted by atomic mass is 35.5. The van der Waals surface area contributed by atoms with E-state index in [9.17, 15) is 14.0 Å². The third kappa shape index (κ3) is 5.35. The van der Waals surface area contributed by atoms with E-state index in [4.69, 9.17) is 21.6 Å². The number of hydrogen-bond donors (Lipinski definition) is 1. The van der Waals surface area contributed by atoms with Crippen molar-refractivity contribution >= 4 is 29.3 Å². The van der Waals surface area contributed by atoms with Crippen LogP contribution in [0.4, 0.5) is 15.0 Å². The SMILES string of the molecule is CN(C(=O)Oc1ccc(F)cc1)[C@]1(C(=O)C2CCN(c3ccc(C#N)nn3)CC2)CNC[C@H]1c1ccc(Cl)cc1. The van der Waals surface area contributed by atoms with E-state index < -0.39 is 17.4 Å². The number of ether oxygens (including phenoxy) is 1. The molecular weight excluding hydrogens is 535 g/mol. The van der Waals surface area contributed by atoms with E-state index in [0.717, 1.165) is 5.56 Å². The molecule has 0 spiro atoms. The van der Waals surface area contributed by atoms with Crippen molar-refractivity contribution in [3.8, 4) is 11.8 Å². The van der Waals surface area contributed by atoms with Gasteiger partial charge >= 0.3 is 6.09 Å². The number of piperidine rings is 1. The molecule has 1 aromatic heterocycles. The quantitative estimate of drug-likeness (QED) is 0.476. The normalized spacial score (nSPS) is 21.1. The van der Waals surface area contributed by atoms with Crippen LogP contribution in [-0.4, -0.2) is 65.7 Å². The molecule has 9 nitrogen and oxygen atoms in total. The summed E-state index contributed by atoms with van der Waals surface area (Å²) in [6.07, 6.45) is 0.431. The van der Waals surface area contributed by atoms with Crippen molar-refractivity contribution in [3.05, 3.63) is 82.8 Å². The lowest BCUT2D eigenvalue weighted by Crippen LogP contribution is -2.62. The summed E-state index contributed by atoms with van der Waals surface area (Å²) in [7, 11) is 1.58. The molecule has 2 aliphatic rings. The van der Waals surface area contributed by atoms with E-state index in [2.05, 4.69) is 15.5 Å². The number of ketones is 1. The summed E-state index contributed by atoms with van der Waals surface area (Å²) >= 11 is 6.15. The predicted octanol–water partition coefficient (Wildman–Crippen LogP) is 4.18. The summed E-state index contributed by atoms with van der Waals surface area (Å²) < 4.78 is 19.0. The molecule has 2 aliphatic heterocycles. The van der Waals surface area contributed by atoms with Crippen LogP contribution in [0.15, 0.2) is 60.7 Å². The molecule has 1 N–H and O–H groups in total. The fourth-order valence-electron chi connectivity index (χ4n) is 5.68. The van der Waals surface area contributed by atoms with Gasteiger partial charge in [0.15, 0.2) is 17.3 Å². The van der Waals surface area contributed by atoms with Crippen LogP contribution >= 0.6 is 11.6 Å². The number of carbonyl (C=O) groups excluding carboxylic acids is 2. The zero-order valence-electron chi connectivity index (χ0n) is 21.9. The Hall–Kier alpha value is -4.07. The monoisotopic (exact) mass is 562 g/mol. The molecule has 11 heteroatoms. The van der Waals surface area contributed by atoms with E-state index >= 15 is 0 Å². The minimum absolute atomic E-state index is 0.0402. The zero-order chi connectivity index (χ0) is 28.3. The smallest absolute Gasteiger partial charge is 0.410 e. The average Bonchev–Trinajstić information content (AvgIpc) is 3.44. The molecular formula is C29H28ClFN6O3. The van der Waals surface area contributed by atoms with Crippen molar-refractivity contribution in [2.75, 3.05) is 38.1 Å². The van der Waals surface area contributed by atoms with E-state index in [1.807, 2.05) is 23.1 Å². The molecule has 206 valence electrons. The Bertz CT molecular complexity index is 1410. The number of Topliss-reactive ketones (excluding diaryl/α,β-unsaturated/α-hetero) is 1. The van der Waals surface area contributed by atoms with E-state index in [1.165, 1.54) is 29.2 Å². The number of nitrogens with zero attached hydrogens (tertiary/aromatic N) is 5. The maximum Gasteiger partial charge on any atom is 0.415 e. The number of aromatic nitrogens is 2. The number of rotatable bonds is 6. The molecule has 3 heterocycles. The molecule has 0 bridgehead atoms. The molecule has 2 atom stereocenters. The number of likely N-dealkylation sites (N-methyl/N-ethyl adjacent to an activating group) is 1. The number of amides is 1. The third-order valence-corrected chi connectivity index (χ3v) is 8.12. The van der Waals surface area contributed by atoms with Crippen molar-refractivity contribution < 1.29 is 18.7 Å². The van der Waals surface area contributed by atoms with Crippen molar-refractivity contribution in [1.82, 2.24) is 20.4 Å². The number of carbonyl (C=O) groups is 2. The molecule has 40 heavy (non-hydrogen) atoms. The second kappa shape index (κ2) is 11.6. The molecule has 5 rings (SSSR count). The van der Waals surface area contributed by atoms with Gasteiger partial charge in [0.25, 0.3) is 0 Å². The Labute approximate surface area is 236 Å². The largest absolute Gasteiger partial charge is 0.415 e. The van der Waals surface area contributed by atoms with Crippen molar-refractivity contribution in [2.24, 2.45) is 5.92 Å². The summed E-state index contributed by atoms with van der Waals surface area (Å²) in [5.41, 5.74) is -0.0887. The predicted molar refractivity (Wildman–Crippen MR) is 147 cm³/mol. The molecule has 0 radical (unpaired) electrons. The summed E-state index contributed by atoms with van der Waals surface area (Å²) in [5.74, 6) is -0.292. The highest BCUT2D eigenvalue weighted by Crippen LogP contribution is 2.41. The lowest BCUT2D eigenvalue weighted by atomic mass is 9.72. The molecule has 2 saturated heterocycles. The Morgan fingerprint density at radius 3 is 2.42 bits per heavy atom. The number of halogens is 2. The fraction of sp³-hybridized carbons (Fsp3) is 0.345. The third-order valence-electron chi connectivity index (χ3n) is 7.86. The highest BCUT2D eigenvalue weighted by Gasteiger charge is 2.56. The van der Waals surface area contributed by atoms with E-state index in [-0.39, 0.29) is 35.6 Å². The summed E-state index contributed by atoms with van der Waals surface area (Å²) in [5, 5.41) is 21.0. The van der Waals surface area contributed by atoms with E-state index in [1.54, 1.807) is 31.3 Å². The van der Waals surface area contributed by atoms with Crippen molar-refractivity contribution in [3.63, 3.8) is 0 Å². The van der Waals surface area contributed by atoms with Crippen LogP contribution in [0.1, 0.15) is 30.0 Å². The van der Waals surface area contributed by atoms with Crippen LogP contribution in [0.2, 0.25) is 5.02 Å². The van der Waals surface area contributed by atoms with Gasteiger partial charge in [0.2, 0.25) is 0 Å². The number of nitriles is 1. The van der Waals surface area contributed by atoms with Crippen LogP contribution in [0.25, 0.3) is 0 Å². The first-order valence-electron chi connectivity index (χ1n) is 13.0. The van der Waals surface area contributed by atoms with Gasteiger partial charge < -0.3 is 15.0 Å².